The van der Waals surface area contributed by atoms with Crippen LogP contribution in [0.25, 0.3) is 0 Å². The molecule has 2 aliphatic rings. The van der Waals surface area contributed by atoms with Crippen LogP contribution in [0.3, 0.4) is 0 Å². The van der Waals surface area contributed by atoms with Crippen LogP contribution in [-0.4, -0.2) is 101 Å². The average Bonchev–Trinajstić information content (AvgIpc) is 3.80. The zero-order chi connectivity index (χ0) is 37.0. The number of rotatable bonds is 9. The molecule has 1 fully saturated rings. The fourth-order valence-electron chi connectivity index (χ4n) is 3.42. The van der Waals surface area contributed by atoms with Gasteiger partial charge in [-0.3, -0.25) is 0 Å². The molecule has 2 aliphatic carbocycles. The third-order valence-electron chi connectivity index (χ3n) is 5.84. The first kappa shape index (κ1) is 75.3. The molecule has 0 aliphatic heterocycles. The standard InChI is InChI=1S/C8H12O.C7H9N.C7H8O.C4H9N.C4H8O.C3H9N.C3H8O.CH5N.CH4O.CH4.2CH3.2W/c1-9-8-5-6-2-3-7(8)4-6;2*1-8-7-5-3-2-4-6-7;2*1-3-4-5-2;2*1-3-4-2;2*1-2;;;;;/h2-3,6-8H,4-5H2,1H3;2-6,8H,1H3;2-6H,1H3;3,5H,1,4H2,2H3;3H,1,4H2,2H3;4H,3H2,1-2H3;3H2,1-2H3;2H2,1H3;2H,1H3;1H4;2*1H3;;/q;;;;;;;;;;2*-1;;. The Balaban J connectivity index is -0.0000000489. The van der Waals surface area contributed by atoms with Crippen LogP contribution in [0.5, 0.6) is 5.75 Å². The normalized spacial score (nSPS) is 13.5. The zero-order valence-electron chi connectivity index (χ0n) is 34.4. The fraction of sp³-hybridized carbons (Fsp3) is 0.512. The molecular formula is C41H82N4O5W2-2. The van der Waals surface area contributed by atoms with Crippen molar-refractivity contribution in [2.24, 2.45) is 17.6 Å². The van der Waals surface area contributed by atoms with Crippen molar-refractivity contribution < 1.29 is 66.2 Å². The van der Waals surface area contributed by atoms with E-state index in [1.807, 2.05) is 102 Å². The number of nitrogens with two attached hydrogens (primary N) is 1. The van der Waals surface area contributed by atoms with Gasteiger partial charge in [0.15, 0.2) is 0 Å². The smallest absolute Gasteiger partial charge is 0.118 e. The molecule has 3 unspecified atom stereocenters. The van der Waals surface area contributed by atoms with E-state index in [4.69, 9.17) is 14.6 Å². The first-order valence-corrected chi connectivity index (χ1v) is 16.0. The maximum Gasteiger partial charge on any atom is 0.118 e. The van der Waals surface area contributed by atoms with Crippen LogP contribution in [-0.2, 0) is 56.3 Å². The first-order chi connectivity index (χ1) is 22.9. The van der Waals surface area contributed by atoms with Crippen LogP contribution in [0.1, 0.15) is 34.1 Å². The van der Waals surface area contributed by atoms with Crippen LogP contribution in [0.2, 0.25) is 0 Å². The van der Waals surface area contributed by atoms with E-state index < -0.39 is 0 Å². The number of aliphatic hydroxyl groups is 1. The number of likely N-dealkylation sites (N-methyl/N-ethyl adjacent to an activating group) is 1. The molecule has 4 rings (SSSR count). The number of ether oxygens (including phenoxy) is 4. The third kappa shape index (κ3) is 57.7. The van der Waals surface area contributed by atoms with Gasteiger partial charge in [-0.25, -0.2) is 0 Å². The van der Waals surface area contributed by atoms with Crippen molar-refractivity contribution in [2.45, 2.75) is 40.2 Å². The van der Waals surface area contributed by atoms with E-state index in [1.54, 1.807) is 27.4 Å². The molecule has 2 aromatic rings. The maximum absolute atomic E-state index is 7.00. The molecule has 52 heavy (non-hydrogen) atoms. The summed E-state index contributed by atoms with van der Waals surface area (Å²) in [6.45, 7) is 14.4. The van der Waals surface area contributed by atoms with Gasteiger partial charge in [-0.2, -0.15) is 0 Å². The molecule has 2 aromatic carbocycles. The van der Waals surface area contributed by atoms with Crippen molar-refractivity contribution in [1.82, 2.24) is 10.6 Å². The molecule has 0 radical (unpaired) electrons. The summed E-state index contributed by atoms with van der Waals surface area (Å²) in [5, 5.41) is 15.9. The summed E-state index contributed by atoms with van der Waals surface area (Å²) in [7, 11) is 15.0. The van der Waals surface area contributed by atoms with Gasteiger partial charge in [0, 0.05) is 102 Å². The Kier molecular flexibility index (Phi) is 103. The van der Waals surface area contributed by atoms with Gasteiger partial charge < -0.3 is 60.6 Å². The van der Waals surface area contributed by atoms with E-state index in [0.29, 0.717) is 12.7 Å². The minimum absolute atomic E-state index is 0. The van der Waals surface area contributed by atoms with Crippen molar-refractivity contribution in [3.05, 3.63) is 113 Å². The first-order valence-electron chi connectivity index (χ1n) is 16.0. The molecule has 0 spiro atoms. The number of allylic oxidation sites excluding steroid dienone is 1. The topological polar surface area (TPSA) is 119 Å². The molecule has 11 heteroatoms. The van der Waals surface area contributed by atoms with Crippen molar-refractivity contribution in [3.8, 4) is 5.75 Å². The molecule has 2 bridgehead atoms. The van der Waals surface area contributed by atoms with Crippen molar-refractivity contribution >= 4 is 5.69 Å². The largest absolute Gasteiger partial charge is 0.497 e. The van der Waals surface area contributed by atoms with E-state index in [-0.39, 0.29) is 64.4 Å². The number of anilines is 1. The predicted octanol–water partition coefficient (Wildman–Crippen LogP) is 7.82. The third-order valence-corrected chi connectivity index (χ3v) is 5.84. The Morgan fingerprint density at radius 2 is 1.23 bits per heavy atom. The molecule has 0 saturated heterocycles. The van der Waals surface area contributed by atoms with Crippen LogP contribution in [0.15, 0.2) is 98.1 Å². The molecule has 3 atom stereocenters. The number of para-hydroxylation sites is 2. The molecule has 1 saturated carbocycles. The summed E-state index contributed by atoms with van der Waals surface area (Å²) in [5.41, 5.74) is 5.66. The predicted molar refractivity (Wildman–Crippen MR) is 226 cm³/mol. The van der Waals surface area contributed by atoms with Crippen LogP contribution >= 0.6 is 0 Å². The van der Waals surface area contributed by atoms with Crippen LogP contribution in [0.4, 0.5) is 5.69 Å². The van der Waals surface area contributed by atoms with Gasteiger partial charge in [-0.05, 0) is 77.6 Å². The zero-order valence-corrected chi connectivity index (χ0v) is 40.3. The Labute approximate surface area is 352 Å². The second kappa shape index (κ2) is 70.9. The van der Waals surface area contributed by atoms with Gasteiger partial charge in [0.2, 0.25) is 0 Å². The number of fused-ring (bicyclic) bond motifs is 2. The van der Waals surface area contributed by atoms with Crippen molar-refractivity contribution in [3.63, 3.8) is 0 Å². The second-order valence-electron chi connectivity index (χ2n) is 9.06. The molecule has 6 N–H and O–H groups in total. The monoisotopic (exact) mass is 1080 g/mol. The van der Waals surface area contributed by atoms with E-state index in [9.17, 15) is 0 Å². The summed E-state index contributed by atoms with van der Waals surface area (Å²) < 4.78 is 19.3. The van der Waals surface area contributed by atoms with E-state index in [2.05, 4.69) is 63.4 Å². The summed E-state index contributed by atoms with van der Waals surface area (Å²) in [4.78, 5) is 0. The molecule has 0 aromatic heterocycles. The maximum atomic E-state index is 7.00. The van der Waals surface area contributed by atoms with Gasteiger partial charge in [0.1, 0.15) is 5.75 Å². The van der Waals surface area contributed by atoms with E-state index >= 15 is 0 Å². The minimum atomic E-state index is 0. The number of benzene rings is 2. The van der Waals surface area contributed by atoms with Gasteiger partial charge in [-0.15, -0.1) is 13.2 Å². The number of hydrogen-bond acceptors (Lipinski definition) is 9. The Morgan fingerprint density at radius 1 is 0.769 bits per heavy atom. The minimum Gasteiger partial charge on any atom is -0.497 e. The molecule has 9 nitrogen and oxygen atoms in total. The molecule has 0 heterocycles. The quantitative estimate of drug-likeness (QED) is 0.127. The molecule has 0 amide bonds. The summed E-state index contributed by atoms with van der Waals surface area (Å²) in [5.74, 6) is 2.51. The number of hydrogen-bond donors (Lipinski definition) is 5. The van der Waals surface area contributed by atoms with Gasteiger partial charge >= 0.3 is 0 Å². The molecular weight excluding hydrogens is 996 g/mol. The molecule has 310 valence electrons. The van der Waals surface area contributed by atoms with E-state index in [0.717, 1.165) is 50.1 Å². The number of nitrogens with one attached hydrogen (secondary N) is 3. The average molecular weight is 1080 g/mol. The Bertz CT molecular complexity index is 798. The summed E-state index contributed by atoms with van der Waals surface area (Å²) in [6.07, 6.45) is 11.3. The van der Waals surface area contributed by atoms with Crippen LogP contribution < -0.4 is 26.4 Å². The SMILES string of the molecule is C.C=CCNC.C=CCOC.CCNC.CCOC.CN.CNc1ccccc1.CO.COC1CC2C=CC1C2.COc1ccccc1.[CH3-].[CH3-].[W].[W]. The van der Waals surface area contributed by atoms with Gasteiger partial charge in [-0.1, -0.05) is 75.1 Å². The summed E-state index contributed by atoms with van der Waals surface area (Å²) in [6, 6.07) is 19.7. The van der Waals surface area contributed by atoms with Crippen LogP contribution in [0, 0.1) is 26.7 Å². The van der Waals surface area contributed by atoms with Crippen molar-refractivity contribution in [1.29, 1.82) is 0 Å². The number of methoxy groups -OCH3 is 4. The van der Waals surface area contributed by atoms with E-state index in [1.165, 1.54) is 19.9 Å². The number of aliphatic hydroxyl groups excluding tert-OH is 1. The second-order valence-corrected chi connectivity index (χ2v) is 9.06. The van der Waals surface area contributed by atoms with Gasteiger partial charge in [0.25, 0.3) is 0 Å². The Hall–Kier alpha value is -1.64. The Morgan fingerprint density at radius 3 is 1.38 bits per heavy atom. The van der Waals surface area contributed by atoms with Gasteiger partial charge in [0.05, 0.1) is 19.8 Å². The van der Waals surface area contributed by atoms with Crippen molar-refractivity contribution in [2.75, 3.05) is 95.4 Å². The summed E-state index contributed by atoms with van der Waals surface area (Å²) >= 11 is 0. The fourth-order valence-corrected chi connectivity index (χ4v) is 3.42.